The number of rotatable bonds is 3. The van der Waals surface area contributed by atoms with Gasteiger partial charge in [-0.1, -0.05) is 23.4 Å². The van der Waals surface area contributed by atoms with Crippen LogP contribution in [0.3, 0.4) is 0 Å². The Kier molecular flexibility index (Phi) is 4.63. The Bertz CT molecular complexity index is 1090. The van der Waals surface area contributed by atoms with E-state index in [2.05, 4.69) is 4.98 Å². The minimum absolute atomic E-state index is 0.0281. The molecule has 0 saturated carbocycles. The predicted molar refractivity (Wildman–Crippen MR) is 108 cm³/mol. The zero-order valence-corrected chi connectivity index (χ0v) is 16.9. The molecule has 2 aromatic heterocycles. The number of hydrogen-bond acceptors (Lipinski definition) is 6. The first-order chi connectivity index (χ1) is 13.2. The Morgan fingerprint density at radius 2 is 2.19 bits per heavy atom. The molecule has 1 aliphatic heterocycles. The first-order valence-corrected chi connectivity index (χ1v) is 11.1. The van der Waals surface area contributed by atoms with Crippen LogP contribution in [0.15, 0.2) is 22.1 Å². The second-order valence-corrected chi connectivity index (χ2v) is 9.20. The molecule has 0 atom stereocenters. The van der Waals surface area contributed by atoms with Crippen molar-refractivity contribution in [3.63, 3.8) is 0 Å². The average Bonchev–Trinajstić information content (AvgIpc) is 3.04. The van der Waals surface area contributed by atoms with Crippen molar-refractivity contribution in [2.24, 2.45) is 0 Å². The molecule has 0 amide bonds. The van der Waals surface area contributed by atoms with Crippen molar-refractivity contribution in [1.82, 2.24) is 9.97 Å². The maximum absolute atomic E-state index is 12.7. The zero-order valence-electron chi connectivity index (χ0n) is 14.5. The first kappa shape index (κ1) is 17.6. The largest absolute Gasteiger partial charge is 0.467 e. The number of halogens is 1. The van der Waals surface area contributed by atoms with E-state index in [0.29, 0.717) is 22.5 Å². The van der Waals surface area contributed by atoms with Crippen molar-refractivity contribution in [3.05, 3.63) is 49.1 Å². The number of nitrogens with one attached hydrogen (secondary N) is 1. The summed E-state index contributed by atoms with van der Waals surface area (Å²) in [5.74, 6) is 1.44. The van der Waals surface area contributed by atoms with Gasteiger partial charge in [0.1, 0.15) is 10.6 Å². The lowest BCUT2D eigenvalue weighted by Gasteiger charge is -2.20. The smallest absolute Gasteiger partial charge is 0.260 e. The molecule has 2 aliphatic rings. The molecule has 1 aromatic carbocycles. The van der Waals surface area contributed by atoms with Crippen molar-refractivity contribution in [2.45, 2.75) is 43.2 Å². The van der Waals surface area contributed by atoms with Gasteiger partial charge >= 0.3 is 0 Å². The summed E-state index contributed by atoms with van der Waals surface area (Å²) in [6, 6.07) is 3.77. The Morgan fingerprint density at radius 3 is 3.11 bits per heavy atom. The summed E-state index contributed by atoms with van der Waals surface area (Å²) in [6.07, 6.45) is 4.40. The Hall–Kier alpha value is -1.54. The molecule has 8 heteroatoms. The van der Waals surface area contributed by atoms with E-state index in [4.69, 9.17) is 26.1 Å². The maximum atomic E-state index is 12.7. The van der Waals surface area contributed by atoms with Crippen LogP contribution in [0.1, 0.15) is 34.4 Å². The van der Waals surface area contributed by atoms with E-state index in [1.807, 2.05) is 12.1 Å². The van der Waals surface area contributed by atoms with Crippen LogP contribution in [-0.2, 0) is 29.9 Å². The fourth-order valence-electron chi connectivity index (χ4n) is 3.72. The molecule has 0 unspecified atom stereocenters. The third-order valence-corrected chi connectivity index (χ3v) is 7.25. The van der Waals surface area contributed by atoms with Gasteiger partial charge in [0.2, 0.25) is 0 Å². The number of ether oxygens (including phenoxy) is 2. The predicted octanol–water partition coefficient (Wildman–Crippen LogP) is 4.68. The molecule has 0 fully saturated rings. The van der Waals surface area contributed by atoms with Gasteiger partial charge in [0.05, 0.1) is 12.0 Å². The minimum Gasteiger partial charge on any atom is -0.467 e. The van der Waals surface area contributed by atoms with Gasteiger partial charge in [-0.2, -0.15) is 0 Å². The average molecular weight is 421 g/mol. The number of aryl methyl sites for hydroxylation is 2. The molecule has 5 nitrogen and oxygen atoms in total. The SMILES string of the molecule is O=c1[nH]c(SCc2cc(Cl)cc3c2OCOC3)nc2sc3c(c12)CCCC3. The molecule has 1 N–H and O–H groups in total. The van der Waals surface area contributed by atoms with E-state index in [1.165, 1.54) is 28.6 Å². The zero-order chi connectivity index (χ0) is 18.4. The number of fused-ring (bicyclic) bond motifs is 4. The fourth-order valence-corrected chi connectivity index (χ4v) is 6.13. The van der Waals surface area contributed by atoms with Crippen molar-refractivity contribution in [2.75, 3.05) is 6.79 Å². The number of thioether (sulfide) groups is 1. The van der Waals surface area contributed by atoms with Crippen molar-refractivity contribution < 1.29 is 9.47 Å². The van der Waals surface area contributed by atoms with Crippen molar-refractivity contribution in [3.8, 4) is 5.75 Å². The third-order valence-electron chi connectivity index (χ3n) is 4.92. The van der Waals surface area contributed by atoms with Gasteiger partial charge in [-0.05, 0) is 43.4 Å². The van der Waals surface area contributed by atoms with Gasteiger partial charge in [-0.15, -0.1) is 11.3 Å². The van der Waals surface area contributed by atoms with Crippen LogP contribution >= 0.6 is 34.7 Å². The minimum atomic E-state index is -0.0281. The molecule has 0 radical (unpaired) electrons. The normalized spacial score (nSPS) is 16.0. The fraction of sp³-hybridized carbons (Fsp3) is 0.368. The molecule has 0 saturated heterocycles. The Morgan fingerprint density at radius 1 is 1.30 bits per heavy atom. The molecule has 5 rings (SSSR count). The topological polar surface area (TPSA) is 64.2 Å². The monoisotopic (exact) mass is 420 g/mol. The Balaban J connectivity index is 1.46. The van der Waals surface area contributed by atoms with Crippen LogP contribution in [0.25, 0.3) is 10.2 Å². The van der Waals surface area contributed by atoms with Crippen LogP contribution in [0.2, 0.25) is 5.02 Å². The number of aromatic amines is 1. The van der Waals surface area contributed by atoms with Crippen LogP contribution < -0.4 is 10.3 Å². The lowest BCUT2D eigenvalue weighted by molar-refractivity contribution is -0.0168. The number of benzene rings is 1. The highest BCUT2D eigenvalue weighted by Crippen LogP contribution is 2.37. The van der Waals surface area contributed by atoms with Crippen LogP contribution in [-0.4, -0.2) is 16.8 Å². The van der Waals surface area contributed by atoms with Crippen LogP contribution in [0.5, 0.6) is 5.75 Å². The molecule has 3 heterocycles. The van der Waals surface area contributed by atoms with E-state index in [0.717, 1.165) is 46.4 Å². The highest BCUT2D eigenvalue weighted by atomic mass is 35.5. The number of hydrogen-bond donors (Lipinski definition) is 1. The summed E-state index contributed by atoms with van der Waals surface area (Å²) in [5, 5.41) is 2.08. The summed E-state index contributed by atoms with van der Waals surface area (Å²) in [5.41, 5.74) is 3.12. The van der Waals surface area contributed by atoms with Crippen molar-refractivity contribution in [1.29, 1.82) is 0 Å². The number of nitrogens with zero attached hydrogens (tertiary/aromatic N) is 1. The van der Waals surface area contributed by atoms with Gasteiger partial charge < -0.3 is 14.5 Å². The van der Waals surface area contributed by atoms with E-state index in [1.54, 1.807) is 11.3 Å². The van der Waals surface area contributed by atoms with Crippen molar-refractivity contribution >= 4 is 44.9 Å². The van der Waals surface area contributed by atoms with Crippen LogP contribution in [0.4, 0.5) is 0 Å². The number of aromatic nitrogens is 2. The Labute approximate surface area is 169 Å². The first-order valence-electron chi connectivity index (χ1n) is 8.88. The quantitative estimate of drug-likeness (QED) is 0.492. The lowest BCUT2D eigenvalue weighted by atomic mass is 9.97. The number of thiophene rings is 1. The molecular weight excluding hydrogens is 404 g/mol. The van der Waals surface area contributed by atoms with Gasteiger partial charge in [0.15, 0.2) is 11.9 Å². The molecular formula is C19H17ClN2O3S2. The summed E-state index contributed by atoms with van der Waals surface area (Å²) < 4.78 is 11.0. The number of H-pyrrole nitrogens is 1. The maximum Gasteiger partial charge on any atom is 0.260 e. The molecule has 27 heavy (non-hydrogen) atoms. The summed E-state index contributed by atoms with van der Waals surface area (Å²) in [4.78, 5) is 22.5. The van der Waals surface area contributed by atoms with Gasteiger partial charge in [-0.3, -0.25) is 4.79 Å². The van der Waals surface area contributed by atoms with E-state index >= 15 is 0 Å². The van der Waals surface area contributed by atoms with E-state index in [-0.39, 0.29) is 12.4 Å². The second-order valence-electron chi connectivity index (χ2n) is 6.71. The van der Waals surface area contributed by atoms with Gasteiger partial charge in [0.25, 0.3) is 5.56 Å². The van der Waals surface area contributed by atoms with E-state index < -0.39 is 0 Å². The molecule has 3 aromatic rings. The molecule has 0 bridgehead atoms. The molecule has 140 valence electrons. The molecule has 1 aliphatic carbocycles. The standard InChI is InChI=1S/C19H17ClN2O3S2/c20-12-5-10-7-24-9-25-16(10)11(6-12)8-26-19-21-17(23)15-13-3-1-2-4-14(13)27-18(15)22-19/h5-6H,1-4,7-9H2,(H,21,22,23). The lowest BCUT2D eigenvalue weighted by Crippen LogP contribution is -2.13. The van der Waals surface area contributed by atoms with Gasteiger partial charge in [0, 0.05) is 26.8 Å². The summed E-state index contributed by atoms with van der Waals surface area (Å²) in [7, 11) is 0. The van der Waals surface area contributed by atoms with Crippen LogP contribution in [0, 0.1) is 0 Å². The van der Waals surface area contributed by atoms with E-state index in [9.17, 15) is 4.79 Å². The summed E-state index contributed by atoms with van der Waals surface area (Å²) >= 11 is 9.39. The summed E-state index contributed by atoms with van der Waals surface area (Å²) in [6.45, 7) is 0.740. The second kappa shape index (κ2) is 7.13. The third kappa shape index (κ3) is 3.27. The highest BCUT2D eigenvalue weighted by Gasteiger charge is 2.21. The highest BCUT2D eigenvalue weighted by molar-refractivity contribution is 7.98. The molecule has 0 spiro atoms. The van der Waals surface area contributed by atoms with Gasteiger partial charge in [-0.25, -0.2) is 4.98 Å².